The molecule has 25 heavy (non-hydrogen) atoms. The first kappa shape index (κ1) is 18.1. The fourth-order valence-corrected chi connectivity index (χ4v) is 5.90. The van der Waals surface area contributed by atoms with E-state index in [4.69, 9.17) is 0 Å². The molecule has 7 heteroatoms. The fraction of sp³-hybridized carbons (Fsp3) is 0.389. The van der Waals surface area contributed by atoms with Crippen molar-refractivity contribution in [3.8, 4) is 0 Å². The van der Waals surface area contributed by atoms with Gasteiger partial charge in [0.05, 0.1) is 6.42 Å². The van der Waals surface area contributed by atoms with Gasteiger partial charge >= 0.3 is 0 Å². The topological polar surface area (TPSA) is 66.5 Å². The van der Waals surface area contributed by atoms with Crippen molar-refractivity contribution in [3.05, 3.63) is 52.4 Å². The number of sulfonamides is 1. The second-order valence-corrected chi connectivity index (χ2v) is 9.55. The van der Waals surface area contributed by atoms with E-state index in [9.17, 15) is 13.2 Å². The Morgan fingerprint density at radius 3 is 2.60 bits per heavy atom. The van der Waals surface area contributed by atoms with Crippen molar-refractivity contribution in [2.45, 2.75) is 36.9 Å². The van der Waals surface area contributed by atoms with Crippen LogP contribution in [-0.4, -0.2) is 31.7 Å². The quantitative estimate of drug-likeness (QED) is 0.840. The van der Waals surface area contributed by atoms with Crippen LogP contribution in [0, 0.1) is 6.92 Å². The van der Waals surface area contributed by atoms with E-state index >= 15 is 0 Å². The van der Waals surface area contributed by atoms with Gasteiger partial charge in [0, 0.05) is 24.5 Å². The van der Waals surface area contributed by atoms with Gasteiger partial charge in [-0.2, -0.15) is 4.31 Å². The molecule has 1 saturated heterocycles. The van der Waals surface area contributed by atoms with Crippen LogP contribution >= 0.6 is 11.3 Å². The van der Waals surface area contributed by atoms with Crippen LogP contribution in [0.1, 0.15) is 28.8 Å². The van der Waals surface area contributed by atoms with Gasteiger partial charge in [-0.25, -0.2) is 8.42 Å². The number of amides is 1. The molecule has 5 nitrogen and oxygen atoms in total. The zero-order valence-electron chi connectivity index (χ0n) is 14.2. The summed E-state index contributed by atoms with van der Waals surface area (Å²) in [5, 5.41) is 2.90. The van der Waals surface area contributed by atoms with Crippen LogP contribution in [0.3, 0.4) is 0 Å². The zero-order valence-corrected chi connectivity index (χ0v) is 15.8. The Hall–Kier alpha value is -1.70. The summed E-state index contributed by atoms with van der Waals surface area (Å²) >= 11 is 1.19. The molecule has 134 valence electrons. The lowest BCUT2D eigenvalue weighted by Gasteiger charge is -2.13. The second-order valence-electron chi connectivity index (χ2n) is 6.21. The number of aryl methyl sites for hydroxylation is 1. The molecule has 1 aromatic heterocycles. The molecule has 1 N–H and O–H groups in total. The molecule has 0 radical (unpaired) electrons. The lowest BCUT2D eigenvalue weighted by Crippen LogP contribution is -2.27. The Kier molecular flexibility index (Phi) is 5.56. The molecular weight excluding hydrogens is 356 g/mol. The number of carbonyl (C=O) groups excluding carboxylic acids is 1. The summed E-state index contributed by atoms with van der Waals surface area (Å²) in [6.07, 6.45) is 2.03. The highest BCUT2D eigenvalue weighted by molar-refractivity contribution is 7.91. The first-order chi connectivity index (χ1) is 12.0. The third-order valence-corrected chi connectivity index (χ3v) is 7.82. The molecule has 0 saturated carbocycles. The Bertz CT molecular complexity index is 853. The van der Waals surface area contributed by atoms with Crippen LogP contribution < -0.4 is 5.32 Å². The van der Waals surface area contributed by atoms with Crippen LogP contribution in [0.4, 0.5) is 0 Å². The lowest BCUT2D eigenvalue weighted by molar-refractivity contribution is -0.120. The van der Waals surface area contributed by atoms with Crippen molar-refractivity contribution in [2.75, 3.05) is 13.1 Å². The molecule has 1 fully saturated rings. The largest absolute Gasteiger partial charge is 0.352 e. The molecule has 0 unspecified atom stereocenters. The number of hydrogen-bond acceptors (Lipinski definition) is 4. The van der Waals surface area contributed by atoms with Gasteiger partial charge in [-0.05, 0) is 43.0 Å². The molecule has 1 amide bonds. The third kappa shape index (κ3) is 4.29. The number of benzene rings is 1. The minimum atomic E-state index is -3.39. The summed E-state index contributed by atoms with van der Waals surface area (Å²) in [5.41, 5.74) is 2.22. The average molecular weight is 379 g/mol. The van der Waals surface area contributed by atoms with Crippen LogP contribution in [-0.2, 0) is 27.8 Å². The van der Waals surface area contributed by atoms with Crippen molar-refractivity contribution in [1.29, 1.82) is 0 Å². The second kappa shape index (κ2) is 7.68. The molecule has 1 aliphatic rings. The Morgan fingerprint density at radius 1 is 1.16 bits per heavy atom. The van der Waals surface area contributed by atoms with Gasteiger partial charge in [-0.15, -0.1) is 11.3 Å². The van der Waals surface area contributed by atoms with E-state index in [1.165, 1.54) is 15.6 Å². The molecule has 2 aromatic rings. The predicted molar refractivity (Wildman–Crippen MR) is 99.0 cm³/mol. The van der Waals surface area contributed by atoms with Crippen molar-refractivity contribution in [3.63, 3.8) is 0 Å². The molecule has 1 aromatic carbocycles. The number of nitrogens with one attached hydrogen (secondary N) is 1. The molecule has 2 heterocycles. The molecular formula is C18H22N2O3S2. The zero-order chi connectivity index (χ0) is 17.9. The first-order valence-corrected chi connectivity index (χ1v) is 10.6. The summed E-state index contributed by atoms with van der Waals surface area (Å²) in [5.74, 6) is -0.102. The number of carbonyl (C=O) groups is 1. The fourth-order valence-electron chi connectivity index (χ4n) is 2.87. The summed E-state index contributed by atoms with van der Waals surface area (Å²) in [6, 6.07) is 11.3. The normalized spacial score (nSPS) is 15.4. The van der Waals surface area contributed by atoms with Gasteiger partial charge in [-0.3, -0.25) is 4.79 Å². The van der Waals surface area contributed by atoms with Crippen LogP contribution in [0.25, 0.3) is 0 Å². The van der Waals surface area contributed by atoms with Crippen LogP contribution in [0.5, 0.6) is 0 Å². The number of hydrogen-bond donors (Lipinski definition) is 1. The highest BCUT2D eigenvalue weighted by Crippen LogP contribution is 2.27. The highest BCUT2D eigenvalue weighted by atomic mass is 32.2. The van der Waals surface area contributed by atoms with Gasteiger partial charge in [0.25, 0.3) is 10.0 Å². The van der Waals surface area contributed by atoms with Crippen molar-refractivity contribution < 1.29 is 13.2 Å². The van der Waals surface area contributed by atoms with Crippen LogP contribution in [0.2, 0.25) is 0 Å². The van der Waals surface area contributed by atoms with Crippen LogP contribution in [0.15, 0.2) is 40.6 Å². The maximum absolute atomic E-state index is 12.5. The van der Waals surface area contributed by atoms with Crippen molar-refractivity contribution in [2.24, 2.45) is 0 Å². The van der Waals surface area contributed by atoms with Gasteiger partial charge in [0.1, 0.15) is 4.21 Å². The van der Waals surface area contributed by atoms with E-state index in [1.807, 2.05) is 31.2 Å². The summed E-state index contributed by atoms with van der Waals surface area (Å²) in [6.45, 7) is 3.67. The molecule has 3 rings (SSSR count). The van der Waals surface area contributed by atoms with E-state index in [0.29, 0.717) is 23.8 Å². The molecule has 0 aliphatic carbocycles. The Morgan fingerprint density at radius 2 is 1.88 bits per heavy atom. The SMILES string of the molecule is Cc1ccccc1CNC(=O)Cc1ccc(S(=O)(=O)N2CCCC2)s1. The van der Waals surface area contributed by atoms with E-state index in [1.54, 1.807) is 12.1 Å². The smallest absolute Gasteiger partial charge is 0.252 e. The lowest BCUT2D eigenvalue weighted by atomic mass is 10.1. The van der Waals surface area contributed by atoms with E-state index in [2.05, 4.69) is 5.32 Å². The maximum atomic E-state index is 12.5. The van der Waals surface area contributed by atoms with Gasteiger partial charge in [-0.1, -0.05) is 24.3 Å². The monoisotopic (exact) mass is 378 g/mol. The number of rotatable bonds is 6. The first-order valence-electron chi connectivity index (χ1n) is 8.37. The molecule has 0 spiro atoms. The summed E-state index contributed by atoms with van der Waals surface area (Å²) in [7, 11) is -3.39. The van der Waals surface area contributed by atoms with Crippen molar-refractivity contribution in [1.82, 2.24) is 9.62 Å². The third-order valence-electron chi connectivity index (χ3n) is 4.37. The predicted octanol–water partition coefficient (Wildman–Crippen LogP) is 2.70. The number of nitrogens with zero attached hydrogens (tertiary/aromatic N) is 1. The Balaban J connectivity index is 1.59. The Labute approximate surface area is 152 Å². The van der Waals surface area contributed by atoms with E-state index in [0.717, 1.165) is 28.8 Å². The minimum Gasteiger partial charge on any atom is -0.352 e. The minimum absolute atomic E-state index is 0.102. The van der Waals surface area contributed by atoms with E-state index in [-0.39, 0.29) is 12.3 Å². The maximum Gasteiger partial charge on any atom is 0.252 e. The standard InChI is InChI=1S/C18H22N2O3S2/c1-14-6-2-3-7-15(14)13-19-17(21)12-16-8-9-18(24-16)25(22,23)20-10-4-5-11-20/h2-3,6-9H,4-5,10-13H2,1H3,(H,19,21). The van der Waals surface area contributed by atoms with Gasteiger partial charge in [0.15, 0.2) is 0 Å². The van der Waals surface area contributed by atoms with Crippen molar-refractivity contribution >= 4 is 27.3 Å². The summed E-state index contributed by atoms with van der Waals surface area (Å²) < 4.78 is 26.9. The van der Waals surface area contributed by atoms with E-state index < -0.39 is 10.0 Å². The molecule has 0 bridgehead atoms. The molecule has 1 aliphatic heterocycles. The van der Waals surface area contributed by atoms with Gasteiger partial charge in [0.2, 0.25) is 5.91 Å². The summed E-state index contributed by atoms with van der Waals surface area (Å²) in [4.78, 5) is 12.9. The number of thiophene rings is 1. The average Bonchev–Trinajstić information content (AvgIpc) is 3.26. The van der Waals surface area contributed by atoms with Gasteiger partial charge < -0.3 is 5.32 Å². The molecule has 0 atom stereocenters. The highest BCUT2D eigenvalue weighted by Gasteiger charge is 2.28.